The molecule has 2 fully saturated rings. The van der Waals surface area contributed by atoms with E-state index in [1.807, 2.05) is 36.9 Å². The van der Waals surface area contributed by atoms with Crippen LogP contribution >= 0.6 is 11.6 Å². The van der Waals surface area contributed by atoms with Crippen LogP contribution in [-0.2, 0) is 4.74 Å². The summed E-state index contributed by atoms with van der Waals surface area (Å²) in [6.45, 7) is 5.46. The van der Waals surface area contributed by atoms with E-state index >= 15 is 0 Å². The van der Waals surface area contributed by atoms with E-state index in [9.17, 15) is 5.11 Å². The van der Waals surface area contributed by atoms with Crippen LogP contribution < -0.4 is 10.2 Å². The molecule has 0 bridgehead atoms. The molecule has 1 aliphatic carbocycles. The summed E-state index contributed by atoms with van der Waals surface area (Å²) in [5.74, 6) is 0.520. The van der Waals surface area contributed by atoms with E-state index in [0.717, 1.165) is 53.9 Å². The summed E-state index contributed by atoms with van der Waals surface area (Å²) in [6.07, 6.45) is 7.39. The Balaban J connectivity index is 1.39. The fraction of sp³-hybridized carbons (Fsp3) is 0.522. The Morgan fingerprint density at radius 1 is 1.22 bits per heavy atom. The molecule has 0 amide bonds. The topological polar surface area (TPSA) is 88.3 Å². The highest BCUT2D eigenvalue weighted by molar-refractivity contribution is 6.34. The molecular formula is C23H29ClN6O2. The second kappa shape index (κ2) is 8.17. The van der Waals surface area contributed by atoms with Gasteiger partial charge in [-0.1, -0.05) is 11.6 Å². The summed E-state index contributed by atoms with van der Waals surface area (Å²) >= 11 is 6.58. The van der Waals surface area contributed by atoms with Crippen LogP contribution in [0.25, 0.3) is 10.9 Å². The fourth-order valence-corrected chi connectivity index (χ4v) is 4.87. The van der Waals surface area contributed by atoms with E-state index in [4.69, 9.17) is 21.3 Å². The lowest BCUT2D eigenvalue weighted by Crippen LogP contribution is -2.42. The normalized spacial score (nSPS) is 22.7. The van der Waals surface area contributed by atoms with Crippen molar-refractivity contribution in [2.75, 3.05) is 30.4 Å². The number of rotatable bonds is 5. The average molecular weight is 457 g/mol. The fourth-order valence-electron chi connectivity index (χ4n) is 4.58. The van der Waals surface area contributed by atoms with Crippen molar-refractivity contribution in [3.05, 3.63) is 35.2 Å². The summed E-state index contributed by atoms with van der Waals surface area (Å²) in [5.41, 5.74) is 3.09. The highest BCUT2D eigenvalue weighted by Crippen LogP contribution is 2.37. The molecule has 170 valence electrons. The summed E-state index contributed by atoms with van der Waals surface area (Å²) in [5, 5.41) is 19.7. The third-order valence-electron chi connectivity index (χ3n) is 6.91. The molecule has 1 aromatic carbocycles. The number of nitrogens with one attached hydrogen (secondary N) is 1. The number of hydrogen-bond acceptors (Lipinski definition) is 7. The number of anilines is 3. The minimum atomic E-state index is -0.607. The van der Waals surface area contributed by atoms with Crippen LogP contribution in [0.3, 0.4) is 0 Å². The van der Waals surface area contributed by atoms with E-state index in [-0.39, 0.29) is 12.1 Å². The molecule has 32 heavy (non-hydrogen) atoms. The number of nitrogens with zero attached hydrogens (tertiary/aromatic N) is 5. The van der Waals surface area contributed by atoms with Gasteiger partial charge in [0.1, 0.15) is 0 Å². The highest BCUT2D eigenvalue weighted by Gasteiger charge is 2.34. The number of aliphatic hydroxyl groups is 1. The predicted octanol–water partition coefficient (Wildman–Crippen LogP) is 4.23. The predicted molar refractivity (Wildman–Crippen MR) is 126 cm³/mol. The molecule has 2 N–H and O–H groups in total. The van der Waals surface area contributed by atoms with Crippen molar-refractivity contribution in [2.24, 2.45) is 0 Å². The molecule has 2 aliphatic rings. The molecule has 0 radical (unpaired) electrons. The van der Waals surface area contributed by atoms with Gasteiger partial charge in [0.2, 0.25) is 5.95 Å². The molecule has 2 atom stereocenters. The minimum absolute atomic E-state index is 0.222. The maximum Gasteiger partial charge on any atom is 0.227 e. The summed E-state index contributed by atoms with van der Waals surface area (Å²) in [4.78, 5) is 11.4. The van der Waals surface area contributed by atoms with Gasteiger partial charge in [-0.25, -0.2) is 9.97 Å². The number of fused-ring (bicyclic) bond motifs is 1. The molecule has 5 rings (SSSR count). The van der Waals surface area contributed by atoms with E-state index in [1.54, 1.807) is 13.3 Å². The van der Waals surface area contributed by atoms with E-state index in [2.05, 4.69) is 20.3 Å². The zero-order valence-corrected chi connectivity index (χ0v) is 19.4. The van der Waals surface area contributed by atoms with Gasteiger partial charge >= 0.3 is 0 Å². The number of methoxy groups -OCH3 is 1. The summed E-state index contributed by atoms with van der Waals surface area (Å²) in [7, 11) is 1.75. The molecular weight excluding hydrogens is 428 g/mol. The van der Waals surface area contributed by atoms with Gasteiger partial charge < -0.3 is 20.1 Å². The lowest BCUT2D eigenvalue weighted by Gasteiger charge is -2.37. The van der Waals surface area contributed by atoms with Crippen LogP contribution in [0.2, 0.25) is 5.02 Å². The maximum absolute atomic E-state index is 10.3. The van der Waals surface area contributed by atoms with Crippen molar-refractivity contribution in [3.63, 3.8) is 0 Å². The number of ether oxygens (including phenoxy) is 1. The first kappa shape index (κ1) is 21.4. The number of halogens is 1. The van der Waals surface area contributed by atoms with E-state index in [0.29, 0.717) is 23.8 Å². The molecule has 9 heteroatoms. The zero-order valence-electron chi connectivity index (χ0n) is 18.7. The number of aromatic nitrogens is 4. The molecule has 3 heterocycles. The number of hydrogen-bond donors (Lipinski definition) is 2. The van der Waals surface area contributed by atoms with Gasteiger partial charge in [-0.05, 0) is 51.7 Å². The van der Waals surface area contributed by atoms with E-state index in [1.165, 1.54) is 0 Å². The monoisotopic (exact) mass is 456 g/mol. The Kier molecular flexibility index (Phi) is 5.47. The second-order valence-corrected chi connectivity index (χ2v) is 9.58. The third kappa shape index (κ3) is 3.91. The largest absolute Gasteiger partial charge is 0.390 e. The first-order valence-corrected chi connectivity index (χ1v) is 11.5. The number of piperidine rings is 1. The van der Waals surface area contributed by atoms with Gasteiger partial charge in [0.05, 0.1) is 51.6 Å². The Morgan fingerprint density at radius 2 is 2.00 bits per heavy atom. The van der Waals surface area contributed by atoms with Crippen molar-refractivity contribution in [1.29, 1.82) is 0 Å². The van der Waals surface area contributed by atoms with Crippen LogP contribution in [0.4, 0.5) is 17.3 Å². The maximum atomic E-state index is 10.3. The molecule has 0 unspecified atom stereocenters. The van der Waals surface area contributed by atoms with Crippen LogP contribution in [0.1, 0.15) is 44.3 Å². The molecule has 1 saturated heterocycles. The Bertz CT molecular complexity index is 1130. The van der Waals surface area contributed by atoms with Crippen LogP contribution in [-0.4, -0.2) is 56.8 Å². The van der Waals surface area contributed by atoms with Crippen LogP contribution in [0, 0.1) is 6.92 Å². The van der Waals surface area contributed by atoms with Gasteiger partial charge in [-0.2, -0.15) is 5.10 Å². The Hall–Kier alpha value is -2.42. The van der Waals surface area contributed by atoms with Gasteiger partial charge in [-0.15, -0.1) is 0 Å². The molecule has 3 aromatic rings. The van der Waals surface area contributed by atoms with Crippen molar-refractivity contribution in [2.45, 2.75) is 57.3 Å². The third-order valence-corrected chi connectivity index (χ3v) is 7.22. The molecule has 0 spiro atoms. The van der Waals surface area contributed by atoms with Gasteiger partial charge in [-0.3, -0.25) is 4.68 Å². The Morgan fingerprint density at radius 3 is 2.69 bits per heavy atom. The highest BCUT2D eigenvalue weighted by atomic mass is 35.5. The molecule has 1 aliphatic heterocycles. The van der Waals surface area contributed by atoms with Crippen LogP contribution in [0.15, 0.2) is 24.5 Å². The smallest absolute Gasteiger partial charge is 0.227 e. The lowest BCUT2D eigenvalue weighted by molar-refractivity contribution is -0.0146. The van der Waals surface area contributed by atoms with Gasteiger partial charge in [0.15, 0.2) is 0 Å². The average Bonchev–Trinajstić information content (AvgIpc) is 3.07. The molecule has 1 saturated carbocycles. The standard InChI is InChI=1S/C23H29ClN6O2/c1-14-18(13-26-30(14)19-4-5-21(19)32-3)28-22-25-12-15-10-16(24)20(11-17(15)27-22)29-8-6-23(2,31)7-9-29/h10-13,19,21,31H,4-9H2,1-3H3,(H,25,27,28)/t19-,21-/m1/s1. The van der Waals surface area contributed by atoms with Crippen molar-refractivity contribution >= 4 is 39.8 Å². The Labute approximate surface area is 192 Å². The second-order valence-electron chi connectivity index (χ2n) is 9.17. The van der Waals surface area contributed by atoms with Crippen LogP contribution in [0.5, 0.6) is 0 Å². The van der Waals surface area contributed by atoms with Gasteiger partial charge in [0.25, 0.3) is 0 Å². The SMILES string of the molecule is CO[C@@H]1CC[C@H]1n1ncc(Nc2ncc3cc(Cl)c(N4CCC(C)(O)CC4)cc3n2)c1C. The van der Waals surface area contributed by atoms with Gasteiger partial charge in [0, 0.05) is 31.8 Å². The zero-order chi connectivity index (χ0) is 22.5. The quantitative estimate of drug-likeness (QED) is 0.593. The summed E-state index contributed by atoms with van der Waals surface area (Å²) in [6, 6.07) is 4.20. The van der Waals surface area contributed by atoms with E-state index < -0.39 is 5.60 Å². The number of benzene rings is 1. The lowest BCUT2D eigenvalue weighted by atomic mass is 9.89. The first-order chi connectivity index (χ1) is 15.3. The molecule has 2 aromatic heterocycles. The van der Waals surface area contributed by atoms with Crippen molar-refractivity contribution in [3.8, 4) is 0 Å². The minimum Gasteiger partial charge on any atom is -0.390 e. The van der Waals surface area contributed by atoms with Crippen molar-refractivity contribution < 1.29 is 9.84 Å². The van der Waals surface area contributed by atoms with Crippen molar-refractivity contribution in [1.82, 2.24) is 19.7 Å². The summed E-state index contributed by atoms with van der Waals surface area (Å²) < 4.78 is 7.56. The first-order valence-electron chi connectivity index (χ1n) is 11.1. The molecule has 8 nitrogen and oxygen atoms in total.